The number of hydrogen-bond acceptors (Lipinski definition) is 30. The van der Waals surface area contributed by atoms with Crippen LogP contribution in [-0.4, -0.2) is 265 Å². The van der Waals surface area contributed by atoms with E-state index in [9.17, 15) is 81.3 Å². The highest BCUT2D eigenvalue weighted by molar-refractivity contribution is 9.09. The van der Waals surface area contributed by atoms with Gasteiger partial charge < -0.3 is 85.6 Å². The van der Waals surface area contributed by atoms with E-state index < -0.39 is 72.5 Å². The van der Waals surface area contributed by atoms with Crippen LogP contribution in [0.1, 0.15) is 177 Å². The molecule has 4 unspecified atom stereocenters. The van der Waals surface area contributed by atoms with Gasteiger partial charge in [-0.3, -0.25) is 103 Å². The smallest absolute Gasteiger partial charge is 0.325 e. The summed E-state index contributed by atoms with van der Waals surface area (Å²) in [6, 6.07) is 32.0. The number of piperazine rings is 1. The number of carboxylic acids is 1. The lowest BCUT2D eigenvalue weighted by Crippen LogP contribution is -2.55. The Hall–Kier alpha value is -13.9. The third-order valence-corrected chi connectivity index (χ3v) is 26.8. The van der Waals surface area contributed by atoms with Crippen molar-refractivity contribution >= 4 is 186 Å². The first-order chi connectivity index (χ1) is 66.0. The van der Waals surface area contributed by atoms with Crippen LogP contribution >= 0.6 is 34.7 Å². The average molecular weight is 2030 g/mol. The van der Waals surface area contributed by atoms with E-state index >= 15 is 0 Å². The minimum absolute atomic E-state index is 0. The van der Waals surface area contributed by atoms with E-state index in [0.717, 1.165) is 61.4 Å². The van der Waals surface area contributed by atoms with Crippen molar-refractivity contribution in [2.45, 2.75) is 181 Å². The largest absolute Gasteiger partial charge is 0.494 e. The Morgan fingerprint density at radius 2 is 0.914 bits per heavy atom. The number of ether oxygens (including phenoxy) is 3. The van der Waals surface area contributed by atoms with Gasteiger partial charge in [0.15, 0.2) is 5.82 Å². The number of halogens is 2. The molecule has 12 N–H and O–H groups in total. The normalized spacial score (nSPS) is 19.1. The zero-order valence-electron chi connectivity index (χ0n) is 78.3. The number of nitrogens with zero attached hydrogens (tertiary/aromatic N) is 9. The topological polar surface area (TPSA) is 521 Å². The Kier molecular flexibility index (Phi) is 34.0. The zero-order valence-corrected chi connectivity index (χ0v) is 81.6. The number of aliphatic carboxylic acids is 1. The fourth-order valence-electron chi connectivity index (χ4n) is 17.8. The molecule has 13 amide bonds. The molecule has 0 radical (unpaired) electrons. The van der Waals surface area contributed by atoms with Gasteiger partial charge in [-0.2, -0.15) is 4.98 Å². The van der Waals surface area contributed by atoms with Crippen molar-refractivity contribution in [1.82, 2.24) is 60.6 Å². The molecule has 6 fully saturated rings. The summed E-state index contributed by atoms with van der Waals surface area (Å²) in [7, 11) is -0.930. The van der Waals surface area contributed by atoms with E-state index in [4.69, 9.17) is 36.7 Å². The second-order valence-electron chi connectivity index (χ2n) is 36.8. The lowest BCUT2D eigenvalue weighted by molar-refractivity contribution is -0.153. The number of hydrogen-bond donors (Lipinski definition) is 11. The van der Waals surface area contributed by atoms with Crippen LogP contribution in [0.25, 0.3) is 0 Å². The molecule has 6 saturated heterocycles. The molecule has 7 aromatic rings. The molecule has 43 heteroatoms. The number of fused-ring (bicyclic) bond motifs is 4. The molecule has 10 aliphatic heterocycles. The number of anilines is 9. The molecular formula is C97H116BrClN19O21P. The third-order valence-electron chi connectivity index (χ3n) is 24.5. The van der Waals surface area contributed by atoms with Gasteiger partial charge in [0.2, 0.25) is 59.1 Å². The number of piperidine rings is 5. The van der Waals surface area contributed by atoms with Crippen LogP contribution in [-0.2, 0) is 97.8 Å². The lowest BCUT2D eigenvalue weighted by Gasteiger charge is -2.43. The Morgan fingerprint density at radius 1 is 0.507 bits per heavy atom. The summed E-state index contributed by atoms with van der Waals surface area (Å²) >= 11 is 9.47. The van der Waals surface area contributed by atoms with E-state index in [1.807, 2.05) is 68.1 Å². The first-order valence-corrected chi connectivity index (χ1v) is 49.5. The Balaban J connectivity index is 0.000000182. The predicted molar refractivity (Wildman–Crippen MR) is 525 cm³/mol. The van der Waals surface area contributed by atoms with Gasteiger partial charge >= 0.3 is 17.9 Å². The second kappa shape index (κ2) is 45.3. The van der Waals surface area contributed by atoms with Crippen molar-refractivity contribution in [3.8, 4) is 5.75 Å². The number of rotatable bonds is 22. The van der Waals surface area contributed by atoms with Crippen LogP contribution in [0, 0.1) is 0 Å². The number of nitrogens with one attached hydrogen (secondary N) is 9. The third kappa shape index (κ3) is 25.8. The number of imide groups is 4. The van der Waals surface area contributed by atoms with Crippen LogP contribution < -0.4 is 68.5 Å². The fourth-order valence-corrected chi connectivity index (χ4v) is 19.3. The predicted octanol–water partition coefficient (Wildman–Crippen LogP) is 8.39. The number of benzene rings is 6. The van der Waals surface area contributed by atoms with Crippen molar-refractivity contribution in [3.05, 3.63) is 171 Å². The summed E-state index contributed by atoms with van der Waals surface area (Å²) in [5.74, 6) is -4.29. The summed E-state index contributed by atoms with van der Waals surface area (Å²) in [5.41, 5.74) is 14.7. The van der Waals surface area contributed by atoms with Gasteiger partial charge in [-0.25, -0.2) is 4.98 Å². The highest BCUT2D eigenvalue weighted by Crippen LogP contribution is 2.42. The number of alkyl halides is 1. The van der Waals surface area contributed by atoms with E-state index in [1.165, 1.54) is 25.8 Å². The van der Waals surface area contributed by atoms with Crippen LogP contribution in [0.4, 0.5) is 51.6 Å². The number of carboxylic acid groups (broad SMARTS) is 1. The SMILES string of the molecule is C.CC(C)(C)OC(=O)CBr.CC(C)(C)OC(=O)CNc1cccc2c1CN(C1CCC(=O)NC1=O)C2=O.COc1cc(N2CCC(N3CCN(C(=O)CNc4cccc5c4CN(C4CCC(=O)NC4=O)C5=O)CC3)CC2)ccc1Nc1ncc(Cl)c(Nc2ccccc2P(C)(C)=O)n1.Nc1cccc2c1CN(C1CCC(=O)NC1=O)C2=O.O=C(O)CNc1cccc2c1CN(C1CCC(=O)NC1=O)C2=O. The molecule has 140 heavy (non-hydrogen) atoms. The summed E-state index contributed by atoms with van der Waals surface area (Å²) in [6.07, 6.45) is 5.62. The molecule has 6 aromatic carbocycles. The number of carbonyl (C=O) groups excluding carboxylic acids is 15. The summed E-state index contributed by atoms with van der Waals surface area (Å²) < 4.78 is 28.9. The number of aromatic nitrogens is 2. The maximum absolute atomic E-state index is 13.4. The van der Waals surface area contributed by atoms with Crippen molar-refractivity contribution in [3.63, 3.8) is 0 Å². The van der Waals surface area contributed by atoms with Gasteiger partial charge in [-0.15, -0.1) is 0 Å². The van der Waals surface area contributed by atoms with Crippen molar-refractivity contribution in [1.29, 1.82) is 0 Å². The standard InChI is InChI=1S/C43H50ClN10O6P.C19H23N3O5.C15H15N3O5.C13H13N3O3.C6H11BrO2.CH4/c1-60-36-23-28(11-12-33(36)48-43-46-24-31(44)40(50-43)47-34-8-4-5-10-37(34)61(2,3)59)51-17-15-27(16-18-51)52-19-21-53(22-20-52)39(56)25-45-32-9-6-7-29-30(32)26-54(42(29)58)35-13-14-38(55)49-41(35)57;1-19(2,3)27-16(24)9-20-13-6-4-5-11-12(13)10-22(18(11)26)14-7-8-15(23)21-17(14)25;19-12-5-4-11(14(22)17-12)18-7-9-8(15(18)23)2-1-3-10(9)16-6-13(20)21;14-9-3-1-2-7-8(9)6-16(13(7)19)10-4-5-11(17)15-12(10)18;1-6(2,3)9-5(8)4-7;/h4-12,23-24,27,35,45H,13-22,25-26H2,1-3H3,(H,49,55,57)(H2,46,47,48,50);4-6,14,20H,7-10H2,1-3H3,(H,21,23,25);1-3,11,16H,4-7H2,(H,20,21)(H,17,19,22);1-3,10H,4-6,14H2,(H,15,17,18);4H2,1-3H3;1H4. The average Bonchev–Trinajstić information content (AvgIpc) is 1.64. The number of nitrogens with two attached hydrogens (primary N) is 1. The Labute approximate surface area is 822 Å². The van der Waals surface area contributed by atoms with Gasteiger partial charge in [-0.05, 0) is 166 Å². The van der Waals surface area contributed by atoms with Crippen molar-refractivity contribution in [2.24, 2.45) is 0 Å². The molecule has 0 aliphatic carbocycles. The second-order valence-corrected chi connectivity index (χ2v) is 40.9. The number of esters is 2. The number of carbonyl (C=O) groups is 16. The molecule has 0 saturated carbocycles. The van der Waals surface area contributed by atoms with Gasteiger partial charge in [0.1, 0.15) is 71.7 Å². The van der Waals surface area contributed by atoms with Gasteiger partial charge in [0.05, 0.1) is 31.2 Å². The number of amides is 13. The van der Waals surface area contributed by atoms with Gasteiger partial charge in [-0.1, -0.05) is 71.4 Å². The molecule has 0 spiro atoms. The van der Waals surface area contributed by atoms with E-state index in [1.54, 1.807) is 108 Å². The number of methoxy groups -OCH3 is 1. The first kappa shape index (κ1) is 105. The van der Waals surface area contributed by atoms with Crippen LogP contribution in [0.3, 0.4) is 0 Å². The highest BCUT2D eigenvalue weighted by atomic mass is 79.9. The molecular weight excluding hydrogens is 1910 g/mol. The summed E-state index contributed by atoms with van der Waals surface area (Å²) in [4.78, 5) is 213. The molecule has 17 rings (SSSR count). The maximum Gasteiger partial charge on any atom is 0.325 e. The first-order valence-electron chi connectivity index (χ1n) is 45.4. The lowest BCUT2D eigenvalue weighted by atomic mass is 10.0. The quantitative estimate of drug-likeness (QED) is 0.00997. The van der Waals surface area contributed by atoms with Crippen LogP contribution in [0.5, 0.6) is 5.75 Å². The number of para-hydroxylation sites is 1. The molecule has 4 atom stereocenters. The Morgan fingerprint density at radius 3 is 1.32 bits per heavy atom. The van der Waals surface area contributed by atoms with Crippen molar-refractivity contribution in [2.75, 3.05) is 122 Å². The molecule has 11 heterocycles. The zero-order chi connectivity index (χ0) is 100. The fraction of sp³-hybridized carbons (Fsp3) is 0.423. The van der Waals surface area contributed by atoms with Gasteiger partial charge in [0.25, 0.3) is 23.6 Å². The van der Waals surface area contributed by atoms with E-state index in [2.05, 4.69) is 89.6 Å². The van der Waals surface area contributed by atoms with Crippen molar-refractivity contribution < 1.29 is 101 Å². The maximum atomic E-state index is 13.4. The summed E-state index contributed by atoms with van der Waals surface area (Å²) in [5, 5.41) is 34.8. The van der Waals surface area contributed by atoms with E-state index in [0.29, 0.717) is 141 Å². The minimum Gasteiger partial charge on any atom is -0.494 e. The summed E-state index contributed by atoms with van der Waals surface area (Å²) in [6.45, 7) is 19.8. The molecule has 1 aromatic heterocycles. The highest BCUT2D eigenvalue weighted by Gasteiger charge is 2.45. The minimum atomic E-state index is -2.56. The molecule has 10 aliphatic rings. The monoisotopic (exact) mass is 2030 g/mol. The van der Waals surface area contributed by atoms with Crippen LogP contribution in [0.2, 0.25) is 5.02 Å². The molecule has 40 nitrogen and oxygen atoms in total. The Bertz CT molecular complexity index is 6070. The van der Waals surface area contributed by atoms with Crippen LogP contribution in [0.15, 0.2) is 121 Å². The van der Waals surface area contributed by atoms with E-state index in [-0.39, 0.29) is 142 Å². The number of nitrogen functional groups attached to an aromatic ring is 1. The molecule has 744 valence electrons. The molecule has 0 bridgehead atoms. The van der Waals surface area contributed by atoms with Gasteiger partial charge in [0, 0.05) is 181 Å².